The third-order valence-corrected chi connectivity index (χ3v) is 1.73. The van der Waals surface area contributed by atoms with Crippen LogP contribution in [0.3, 0.4) is 0 Å². The first-order valence-corrected chi connectivity index (χ1v) is 4.74. The zero-order valence-corrected chi connectivity index (χ0v) is 9.09. The molecule has 0 N–H and O–H groups in total. The molecule has 0 fully saturated rings. The van der Waals surface area contributed by atoms with Crippen LogP contribution in [0.25, 0.3) is 0 Å². The molecule has 0 unspecified atom stereocenters. The van der Waals surface area contributed by atoms with Crippen LogP contribution in [0.5, 0.6) is 0 Å². The number of hydrogen-bond acceptors (Lipinski definition) is 2. The Labute approximate surface area is 94.2 Å². The Hall–Kier alpha value is -1.71. The molecule has 0 spiro atoms. The van der Waals surface area contributed by atoms with Gasteiger partial charge in [0.25, 0.3) is 0 Å². The Bertz CT molecular complexity index is 311. The van der Waals surface area contributed by atoms with Crippen LogP contribution in [0.15, 0.2) is 49.7 Å². The van der Waals surface area contributed by atoms with Crippen LogP contribution in [-0.2, 0) is 4.79 Å². The number of carbonyl (C=O) groups excluding carboxylic acids is 1. The molecule has 0 saturated heterocycles. The zero-order valence-electron chi connectivity index (χ0n) is 9.09. The highest BCUT2D eigenvalue weighted by molar-refractivity contribution is 5.94. The van der Waals surface area contributed by atoms with E-state index in [1.54, 1.807) is 0 Å². The minimum Gasteiger partial charge on any atom is -0.339 e. The van der Waals surface area contributed by atoms with E-state index in [4.69, 9.17) is 0 Å². The van der Waals surface area contributed by atoms with Crippen molar-refractivity contribution in [2.45, 2.75) is 6.42 Å². The summed E-state index contributed by atoms with van der Waals surface area (Å²) >= 11 is 0. The smallest absolute Gasteiger partial charge is 0.230 e. The van der Waals surface area contributed by atoms with Crippen molar-refractivity contribution < 1.29 is 13.6 Å². The molecule has 88 valence electrons. The Morgan fingerprint density at radius 2 is 1.56 bits per heavy atom. The Balaban J connectivity index is 4.90. The molecule has 0 saturated carbocycles. The largest absolute Gasteiger partial charge is 0.339 e. The molecule has 0 atom stereocenters. The summed E-state index contributed by atoms with van der Waals surface area (Å²) in [6, 6.07) is 0. The van der Waals surface area contributed by atoms with Gasteiger partial charge in [0.05, 0.1) is 0 Å². The summed E-state index contributed by atoms with van der Waals surface area (Å²) < 4.78 is 26.8. The van der Waals surface area contributed by atoms with Crippen molar-refractivity contribution in [2.75, 3.05) is 13.1 Å². The van der Waals surface area contributed by atoms with Crippen molar-refractivity contribution in [1.82, 2.24) is 4.90 Å². The van der Waals surface area contributed by atoms with Crippen molar-refractivity contribution in [3.05, 3.63) is 49.7 Å². The third kappa shape index (κ3) is 4.21. The number of carbonyl (C=O) groups is 1. The summed E-state index contributed by atoms with van der Waals surface area (Å²) in [5.74, 6) is -3.50. The van der Waals surface area contributed by atoms with Crippen LogP contribution in [0.2, 0.25) is 0 Å². The SMILES string of the molecule is C=CCC(=O)/C(F)=C(/F)N(CC=C)CC=C. The molecule has 0 aliphatic carbocycles. The van der Waals surface area contributed by atoms with Crippen molar-refractivity contribution in [2.24, 2.45) is 0 Å². The molecule has 0 rings (SSSR count). The zero-order chi connectivity index (χ0) is 12.6. The number of nitrogens with zero attached hydrogens (tertiary/aromatic N) is 1. The van der Waals surface area contributed by atoms with Crippen LogP contribution in [0.1, 0.15) is 6.42 Å². The molecule has 4 heteroatoms. The molecule has 0 bridgehead atoms. The van der Waals surface area contributed by atoms with E-state index in [1.165, 1.54) is 18.2 Å². The van der Waals surface area contributed by atoms with Gasteiger partial charge in [-0.05, 0) is 0 Å². The molecular weight excluding hydrogens is 212 g/mol. The summed E-state index contributed by atoms with van der Waals surface area (Å²) in [6.45, 7) is 10.3. The van der Waals surface area contributed by atoms with E-state index in [-0.39, 0.29) is 19.5 Å². The first kappa shape index (κ1) is 14.3. The predicted octanol–water partition coefficient (Wildman–Crippen LogP) is 2.91. The number of allylic oxidation sites excluding steroid dienone is 2. The number of hydrogen-bond donors (Lipinski definition) is 0. The second-order valence-electron chi connectivity index (χ2n) is 3.00. The number of halogens is 2. The lowest BCUT2D eigenvalue weighted by Gasteiger charge is -2.18. The second-order valence-corrected chi connectivity index (χ2v) is 3.00. The van der Waals surface area contributed by atoms with E-state index in [1.807, 2.05) is 0 Å². The maximum absolute atomic E-state index is 13.5. The van der Waals surface area contributed by atoms with Gasteiger partial charge in [-0.3, -0.25) is 4.79 Å². The fraction of sp³-hybridized carbons (Fsp3) is 0.250. The molecule has 0 aromatic rings. The molecule has 2 nitrogen and oxygen atoms in total. The van der Waals surface area contributed by atoms with Crippen molar-refractivity contribution in [3.8, 4) is 0 Å². The molecule has 0 aliphatic heterocycles. The monoisotopic (exact) mass is 227 g/mol. The highest BCUT2D eigenvalue weighted by Gasteiger charge is 2.18. The van der Waals surface area contributed by atoms with Gasteiger partial charge >= 0.3 is 0 Å². The Morgan fingerprint density at radius 3 is 1.94 bits per heavy atom. The fourth-order valence-corrected chi connectivity index (χ4v) is 1.02. The highest BCUT2D eigenvalue weighted by Crippen LogP contribution is 2.16. The van der Waals surface area contributed by atoms with Crippen LogP contribution in [-0.4, -0.2) is 23.8 Å². The van der Waals surface area contributed by atoms with Gasteiger partial charge in [-0.1, -0.05) is 18.2 Å². The topological polar surface area (TPSA) is 20.3 Å². The van der Waals surface area contributed by atoms with Crippen LogP contribution < -0.4 is 0 Å². The predicted molar refractivity (Wildman–Crippen MR) is 61.0 cm³/mol. The minimum absolute atomic E-state index is 0.104. The van der Waals surface area contributed by atoms with E-state index >= 15 is 0 Å². The van der Waals surface area contributed by atoms with Gasteiger partial charge in [-0.25, -0.2) is 0 Å². The van der Waals surface area contributed by atoms with Gasteiger partial charge in [0.1, 0.15) is 0 Å². The van der Waals surface area contributed by atoms with Gasteiger partial charge in [0.2, 0.25) is 11.8 Å². The molecule has 0 amide bonds. The summed E-state index contributed by atoms with van der Waals surface area (Å²) in [6.07, 6.45) is 3.82. The number of Topliss-reactive ketones (excluding diaryl/α,β-unsaturated/α-hetero) is 1. The lowest BCUT2D eigenvalue weighted by atomic mass is 10.2. The van der Waals surface area contributed by atoms with Gasteiger partial charge < -0.3 is 4.90 Å². The average Bonchev–Trinajstić information content (AvgIpc) is 2.27. The van der Waals surface area contributed by atoms with Gasteiger partial charge in [0.15, 0.2) is 5.78 Å². The normalized spacial score (nSPS) is 11.4. The Kier molecular flexibility index (Phi) is 6.76. The third-order valence-electron chi connectivity index (χ3n) is 1.73. The highest BCUT2D eigenvalue weighted by atomic mass is 19.2. The molecule has 0 radical (unpaired) electrons. The second kappa shape index (κ2) is 7.56. The summed E-state index contributed by atoms with van der Waals surface area (Å²) in [5, 5.41) is 0. The van der Waals surface area contributed by atoms with E-state index in [2.05, 4.69) is 19.7 Å². The number of ketones is 1. The first-order valence-electron chi connectivity index (χ1n) is 4.74. The molecule has 0 aromatic heterocycles. The van der Waals surface area contributed by atoms with Crippen molar-refractivity contribution >= 4 is 5.78 Å². The average molecular weight is 227 g/mol. The molecular formula is C12H15F2NO. The standard InChI is InChI=1S/C12H15F2NO/c1-4-7-10(16)11(13)12(14)15(8-5-2)9-6-3/h4-6H,1-3,7-9H2/b12-11+. The van der Waals surface area contributed by atoms with Crippen LogP contribution in [0.4, 0.5) is 8.78 Å². The van der Waals surface area contributed by atoms with Crippen LogP contribution >= 0.6 is 0 Å². The summed E-state index contributed by atoms with van der Waals surface area (Å²) in [5.41, 5.74) is 0. The number of rotatable bonds is 8. The van der Waals surface area contributed by atoms with E-state index < -0.39 is 17.6 Å². The first-order chi connectivity index (χ1) is 7.58. The quantitative estimate of drug-likeness (QED) is 0.361. The van der Waals surface area contributed by atoms with E-state index in [0.717, 1.165) is 4.90 Å². The summed E-state index contributed by atoms with van der Waals surface area (Å²) in [4.78, 5) is 12.1. The maximum atomic E-state index is 13.5. The minimum atomic E-state index is -1.39. The molecule has 0 heterocycles. The maximum Gasteiger partial charge on any atom is 0.230 e. The van der Waals surface area contributed by atoms with Gasteiger partial charge in [-0.2, -0.15) is 8.78 Å². The summed E-state index contributed by atoms with van der Waals surface area (Å²) in [7, 11) is 0. The molecule has 0 aromatic carbocycles. The Morgan fingerprint density at radius 1 is 1.06 bits per heavy atom. The van der Waals surface area contributed by atoms with E-state index in [0.29, 0.717) is 0 Å². The lowest BCUT2D eigenvalue weighted by molar-refractivity contribution is -0.116. The van der Waals surface area contributed by atoms with Gasteiger partial charge in [-0.15, -0.1) is 19.7 Å². The fourth-order valence-electron chi connectivity index (χ4n) is 1.02. The van der Waals surface area contributed by atoms with E-state index in [9.17, 15) is 13.6 Å². The van der Waals surface area contributed by atoms with Crippen LogP contribution in [0, 0.1) is 0 Å². The molecule has 0 aliphatic rings. The lowest BCUT2D eigenvalue weighted by Crippen LogP contribution is -2.23. The van der Waals surface area contributed by atoms with Gasteiger partial charge in [0, 0.05) is 19.5 Å². The molecule has 16 heavy (non-hydrogen) atoms. The van der Waals surface area contributed by atoms with Crippen molar-refractivity contribution in [3.63, 3.8) is 0 Å². The van der Waals surface area contributed by atoms with Crippen molar-refractivity contribution in [1.29, 1.82) is 0 Å².